The summed E-state index contributed by atoms with van der Waals surface area (Å²) in [5.41, 5.74) is 0.176. The van der Waals surface area contributed by atoms with Crippen LogP contribution in [-0.4, -0.2) is 19.6 Å². The van der Waals surface area contributed by atoms with E-state index in [0.717, 1.165) is 12.7 Å². The van der Waals surface area contributed by atoms with Gasteiger partial charge in [-0.15, -0.1) is 0 Å². The molecule has 0 unspecified atom stereocenters. The molecule has 0 spiro atoms. The van der Waals surface area contributed by atoms with Crippen LogP contribution in [0.4, 0.5) is 0 Å². The summed E-state index contributed by atoms with van der Waals surface area (Å²) in [5, 5.41) is 0. The van der Waals surface area contributed by atoms with Gasteiger partial charge in [-0.05, 0) is 12.7 Å². The average Bonchev–Trinajstić information content (AvgIpc) is 2.00. The van der Waals surface area contributed by atoms with Crippen molar-refractivity contribution in [2.24, 2.45) is 0 Å². The fourth-order valence-electron chi connectivity index (χ4n) is 1.00. The smallest absolute Gasteiger partial charge is 0.307 e. The molecule has 0 aliphatic rings. The monoisotopic (exact) mass is 160 g/mol. The third kappa shape index (κ3) is 2.81. The van der Waals surface area contributed by atoms with Crippen molar-refractivity contribution in [3.05, 3.63) is 0 Å². The molecule has 0 N–H and O–H groups in total. The average molecular weight is 160 g/mol. The van der Waals surface area contributed by atoms with Crippen molar-refractivity contribution in [1.29, 1.82) is 0 Å². The highest BCUT2D eigenvalue weighted by atomic mass is 31.1. The highest BCUT2D eigenvalue weighted by molar-refractivity contribution is 7.29. The number of hydrogen-bond acceptors (Lipinski definition) is 2. The lowest BCUT2D eigenvalue weighted by atomic mass is 9.61. The van der Waals surface area contributed by atoms with Gasteiger partial charge >= 0.3 is 6.92 Å². The Labute approximate surface area is 64.7 Å². The Hall–Kier alpha value is 0.125. The molecular weight excluding hydrogens is 146 g/mol. The molecule has 0 radical (unpaired) electrons. The van der Waals surface area contributed by atoms with E-state index < -0.39 is 0 Å². The lowest BCUT2D eigenvalue weighted by Crippen LogP contribution is -2.27. The fraction of sp³-hybridized carbons (Fsp3) is 1.00. The van der Waals surface area contributed by atoms with Gasteiger partial charge in [0.2, 0.25) is 0 Å². The molecule has 0 aromatic rings. The molecule has 0 rings (SSSR count). The van der Waals surface area contributed by atoms with Gasteiger partial charge in [0.25, 0.3) is 0 Å². The van der Waals surface area contributed by atoms with E-state index in [9.17, 15) is 4.57 Å². The first-order valence-electron chi connectivity index (χ1n) is 3.65. The topological polar surface area (TPSA) is 26.3 Å². The van der Waals surface area contributed by atoms with E-state index in [1.807, 2.05) is 13.8 Å². The van der Waals surface area contributed by atoms with Crippen LogP contribution in [0.1, 0.15) is 20.3 Å². The van der Waals surface area contributed by atoms with Crippen LogP contribution in [0, 0.1) is 0 Å². The van der Waals surface area contributed by atoms with E-state index >= 15 is 0 Å². The SMILES string of the molecule is CCB(OC)[C@@H](CC)P=O. The van der Waals surface area contributed by atoms with Crippen molar-refractivity contribution in [2.75, 3.05) is 7.11 Å². The zero-order valence-electron chi connectivity index (χ0n) is 6.83. The molecule has 0 aliphatic carbocycles. The Morgan fingerprint density at radius 2 is 2.20 bits per heavy atom. The minimum Gasteiger partial charge on any atom is -0.437 e. The van der Waals surface area contributed by atoms with Crippen LogP contribution >= 0.6 is 8.46 Å². The van der Waals surface area contributed by atoms with Gasteiger partial charge in [-0.2, -0.15) is 0 Å². The van der Waals surface area contributed by atoms with Gasteiger partial charge in [-0.1, -0.05) is 13.8 Å². The molecule has 0 bridgehead atoms. The molecule has 1 atom stereocenters. The molecule has 58 valence electrons. The summed E-state index contributed by atoms with van der Waals surface area (Å²) in [6.45, 7) is 4.23. The van der Waals surface area contributed by atoms with Gasteiger partial charge in [-0.25, -0.2) is 0 Å². The first-order chi connectivity index (χ1) is 4.79. The van der Waals surface area contributed by atoms with Gasteiger partial charge in [0.15, 0.2) is 8.46 Å². The Morgan fingerprint density at radius 1 is 1.60 bits per heavy atom. The fourth-order valence-corrected chi connectivity index (χ4v) is 1.62. The number of rotatable bonds is 5. The van der Waals surface area contributed by atoms with Gasteiger partial charge in [0.1, 0.15) is 0 Å². The maximum absolute atomic E-state index is 10.5. The quantitative estimate of drug-likeness (QED) is 0.455. The zero-order chi connectivity index (χ0) is 7.98. The molecule has 2 nitrogen and oxygen atoms in total. The third-order valence-corrected chi connectivity index (χ3v) is 2.66. The van der Waals surface area contributed by atoms with E-state index in [-0.39, 0.29) is 20.9 Å². The van der Waals surface area contributed by atoms with Gasteiger partial charge in [0, 0.05) is 12.7 Å². The van der Waals surface area contributed by atoms with E-state index in [0.29, 0.717) is 0 Å². The van der Waals surface area contributed by atoms with Gasteiger partial charge < -0.3 is 4.65 Å². The second kappa shape index (κ2) is 5.88. The second-order valence-electron chi connectivity index (χ2n) is 2.26. The molecule has 0 saturated carbocycles. The first-order valence-corrected chi connectivity index (χ1v) is 4.53. The normalized spacial score (nSPS) is 13.5. The van der Waals surface area contributed by atoms with Crippen molar-refractivity contribution in [2.45, 2.75) is 32.1 Å². The van der Waals surface area contributed by atoms with Crippen molar-refractivity contribution in [3.63, 3.8) is 0 Å². The molecule has 0 aromatic carbocycles. The summed E-state index contributed by atoms with van der Waals surface area (Å²) >= 11 is 0. The summed E-state index contributed by atoms with van der Waals surface area (Å²) in [6.07, 6.45) is 1.85. The minimum absolute atomic E-state index is 0.157. The van der Waals surface area contributed by atoms with E-state index in [1.54, 1.807) is 7.11 Å². The van der Waals surface area contributed by atoms with Gasteiger partial charge in [-0.3, -0.25) is 4.57 Å². The van der Waals surface area contributed by atoms with Crippen LogP contribution < -0.4 is 0 Å². The van der Waals surface area contributed by atoms with Crippen LogP contribution in [0.25, 0.3) is 0 Å². The third-order valence-electron chi connectivity index (χ3n) is 1.69. The number of hydrogen-bond donors (Lipinski definition) is 0. The van der Waals surface area contributed by atoms with Crippen LogP contribution in [-0.2, 0) is 9.22 Å². The van der Waals surface area contributed by atoms with Crippen molar-refractivity contribution >= 4 is 15.4 Å². The Balaban J connectivity index is 3.81. The lowest BCUT2D eigenvalue weighted by Gasteiger charge is -2.12. The van der Waals surface area contributed by atoms with Crippen molar-refractivity contribution in [1.82, 2.24) is 0 Å². The second-order valence-corrected chi connectivity index (χ2v) is 3.14. The molecule has 0 amide bonds. The molecule has 0 saturated heterocycles. The van der Waals surface area contributed by atoms with Crippen LogP contribution in [0.15, 0.2) is 0 Å². The maximum atomic E-state index is 10.5. The molecule has 0 fully saturated rings. The van der Waals surface area contributed by atoms with Crippen molar-refractivity contribution < 1.29 is 9.22 Å². The van der Waals surface area contributed by atoms with E-state index in [2.05, 4.69) is 0 Å². The largest absolute Gasteiger partial charge is 0.437 e. The summed E-state index contributed by atoms with van der Waals surface area (Å²) in [4.78, 5) is 0. The summed E-state index contributed by atoms with van der Waals surface area (Å²) in [7, 11) is 1.88. The lowest BCUT2D eigenvalue weighted by molar-refractivity contribution is 0.415. The minimum atomic E-state index is 0.157. The molecular formula is C6H14BO2P. The Bertz CT molecular complexity index is 95.7. The van der Waals surface area contributed by atoms with E-state index in [1.165, 1.54) is 0 Å². The summed E-state index contributed by atoms with van der Waals surface area (Å²) in [5.74, 6) is 0. The van der Waals surface area contributed by atoms with Crippen molar-refractivity contribution in [3.8, 4) is 0 Å². The molecule has 0 heterocycles. The molecule has 0 aliphatic heterocycles. The standard InChI is InChI=1S/C6H14BO2P/c1-4-6(10-8)7(5-2)9-3/h6H,4-5H2,1-3H3/t6-/m1/s1. The predicted molar refractivity (Wildman–Crippen MR) is 44.9 cm³/mol. The maximum Gasteiger partial charge on any atom is 0.307 e. The summed E-state index contributed by atoms with van der Waals surface area (Å²) < 4.78 is 15.6. The highest BCUT2D eigenvalue weighted by Crippen LogP contribution is 2.16. The van der Waals surface area contributed by atoms with Crippen LogP contribution in [0.3, 0.4) is 0 Å². The predicted octanol–water partition coefficient (Wildman–Crippen LogP) is 2.25. The Morgan fingerprint density at radius 3 is 2.30 bits per heavy atom. The van der Waals surface area contributed by atoms with Crippen LogP contribution in [0.2, 0.25) is 6.32 Å². The van der Waals surface area contributed by atoms with Gasteiger partial charge in [0.05, 0.1) is 0 Å². The highest BCUT2D eigenvalue weighted by Gasteiger charge is 2.22. The zero-order valence-corrected chi connectivity index (χ0v) is 7.73. The summed E-state index contributed by atoms with van der Waals surface area (Å²) in [6, 6.07) is 0. The molecule has 0 aromatic heterocycles. The Kier molecular flexibility index (Phi) is 5.95. The first kappa shape index (κ1) is 10.1. The molecule has 10 heavy (non-hydrogen) atoms. The van der Waals surface area contributed by atoms with Crippen LogP contribution in [0.5, 0.6) is 0 Å². The van der Waals surface area contributed by atoms with E-state index in [4.69, 9.17) is 4.65 Å². The molecule has 4 heteroatoms.